The maximum Gasteiger partial charge on any atom is 0.148 e. The molecule has 0 saturated carbocycles. The van der Waals surface area contributed by atoms with Gasteiger partial charge in [0.2, 0.25) is 0 Å². The molecule has 0 fully saturated rings. The molecule has 134 valence electrons. The first kappa shape index (κ1) is 19.7. The summed E-state index contributed by atoms with van der Waals surface area (Å²) < 4.78 is 7.53. The van der Waals surface area contributed by atoms with Gasteiger partial charge in [0.25, 0.3) is 0 Å². The molecule has 0 amide bonds. The van der Waals surface area contributed by atoms with Crippen molar-refractivity contribution >= 4 is 55.1 Å². The Morgan fingerprint density at radius 3 is 2.26 bits per heavy atom. The van der Waals surface area contributed by atoms with Crippen molar-refractivity contribution in [3.63, 3.8) is 0 Å². The molecule has 2 nitrogen and oxygen atoms in total. The van der Waals surface area contributed by atoms with Gasteiger partial charge in [-0.25, -0.2) is 0 Å². The zero-order chi connectivity index (χ0) is 19.2. The average Bonchev–Trinajstić information content (AvgIpc) is 2.67. The van der Waals surface area contributed by atoms with Gasteiger partial charge in [0.15, 0.2) is 0 Å². The van der Waals surface area contributed by atoms with E-state index in [0.717, 1.165) is 25.6 Å². The Bertz CT molecular complexity index is 1000. The lowest BCUT2D eigenvalue weighted by Crippen LogP contribution is -1.98. The van der Waals surface area contributed by atoms with Crippen LogP contribution in [0.2, 0.25) is 5.02 Å². The second-order valence-electron chi connectivity index (χ2n) is 5.73. The fourth-order valence-electron chi connectivity index (χ4n) is 2.53. The third-order valence-corrected chi connectivity index (χ3v) is 5.41. The van der Waals surface area contributed by atoms with Crippen LogP contribution >= 0.6 is 43.5 Å². The molecule has 0 aromatic heterocycles. The summed E-state index contributed by atoms with van der Waals surface area (Å²) in [5, 5.41) is 10.2. The molecule has 3 aromatic rings. The van der Waals surface area contributed by atoms with Crippen molar-refractivity contribution in [2.45, 2.75) is 6.61 Å². The fourth-order valence-corrected chi connectivity index (χ4v) is 4.17. The minimum Gasteiger partial charge on any atom is -0.486 e. The van der Waals surface area contributed by atoms with Crippen LogP contribution in [-0.2, 0) is 6.61 Å². The van der Waals surface area contributed by atoms with Gasteiger partial charge in [-0.3, -0.25) is 0 Å². The third kappa shape index (κ3) is 5.01. The van der Waals surface area contributed by atoms with Crippen LogP contribution in [-0.4, -0.2) is 0 Å². The monoisotopic (exact) mass is 501 g/mol. The Kier molecular flexibility index (Phi) is 6.73. The van der Waals surface area contributed by atoms with E-state index in [4.69, 9.17) is 16.3 Å². The molecule has 0 aliphatic carbocycles. The largest absolute Gasteiger partial charge is 0.486 e. The van der Waals surface area contributed by atoms with Crippen molar-refractivity contribution in [1.29, 1.82) is 5.26 Å². The van der Waals surface area contributed by atoms with E-state index in [0.29, 0.717) is 23.0 Å². The number of nitriles is 1. The van der Waals surface area contributed by atoms with Crippen LogP contribution in [0.25, 0.3) is 11.6 Å². The summed E-state index contributed by atoms with van der Waals surface area (Å²) >= 11 is 13.3. The topological polar surface area (TPSA) is 33.0 Å². The number of nitrogens with zero attached hydrogens (tertiary/aromatic N) is 1. The van der Waals surface area contributed by atoms with Crippen LogP contribution in [0, 0.1) is 11.3 Å². The highest BCUT2D eigenvalue weighted by atomic mass is 79.9. The Balaban J connectivity index is 1.86. The van der Waals surface area contributed by atoms with Crippen LogP contribution in [0.5, 0.6) is 5.75 Å². The fraction of sp³-hybridized carbons (Fsp3) is 0.0455. The number of allylic oxidation sites excluding steroid dienone is 1. The zero-order valence-corrected chi connectivity index (χ0v) is 18.1. The summed E-state index contributed by atoms with van der Waals surface area (Å²) in [4.78, 5) is 0. The first-order valence-electron chi connectivity index (χ1n) is 8.11. The van der Waals surface area contributed by atoms with Gasteiger partial charge in [0, 0.05) is 10.6 Å². The van der Waals surface area contributed by atoms with E-state index >= 15 is 0 Å². The van der Waals surface area contributed by atoms with E-state index in [1.807, 2.05) is 72.8 Å². The van der Waals surface area contributed by atoms with Crippen LogP contribution in [0.3, 0.4) is 0 Å². The van der Waals surface area contributed by atoms with Gasteiger partial charge < -0.3 is 4.74 Å². The van der Waals surface area contributed by atoms with E-state index in [2.05, 4.69) is 37.9 Å². The number of rotatable bonds is 5. The lowest BCUT2D eigenvalue weighted by atomic mass is 10.0. The quantitative estimate of drug-likeness (QED) is 0.267. The summed E-state index contributed by atoms with van der Waals surface area (Å²) in [6.45, 7) is 0.361. The number of hydrogen-bond acceptors (Lipinski definition) is 2. The van der Waals surface area contributed by atoms with Gasteiger partial charge in [-0.15, -0.1) is 0 Å². The maximum atomic E-state index is 9.49. The Hall–Kier alpha value is -2.06. The number of ether oxygens (including phenoxy) is 1. The van der Waals surface area contributed by atoms with Gasteiger partial charge in [-0.05, 0) is 67.3 Å². The van der Waals surface area contributed by atoms with E-state index in [9.17, 15) is 5.26 Å². The van der Waals surface area contributed by atoms with Crippen LogP contribution in [0.15, 0.2) is 75.7 Å². The highest BCUT2D eigenvalue weighted by molar-refractivity contribution is 9.11. The van der Waals surface area contributed by atoms with Gasteiger partial charge >= 0.3 is 0 Å². The predicted octanol–water partition coefficient (Wildman–Crippen LogP) is 7.51. The molecule has 0 spiro atoms. The summed E-state index contributed by atoms with van der Waals surface area (Å²) in [5.41, 5.74) is 3.28. The SMILES string of the molecule is N#C/C(=C\c1cc(Br)c(OCc2ccccc2Cl)c(Br)c1)c1ccccc1. The van der Waals surface area contributed by atoms with E-state index in [1.54, 1.807) is 0 Å². The molecule has 0 aliphatic heterocycles. The molecule has 0 saturated heterocycles. The van der Waals surface area contributed by atoms with Crippen molar-refractivity contribution in [2.24, 2.45) is 0 Å². The van der Waals surface area contributed by atoms with Crippen molar-refractivity contribution in [2.75, 3.05) is 0 Å². The molecule has 0 atom stereocenters. The first-order chi connectivity index (χ1) is 13.1. The molecule has 0 N–H and O–H groups in total. The number of hydrogen-bond donors (Lipinski definition) is 0. The van der Waals surface area contributed by atoms with Crippen LogP contribution in [0.4, 0.5) is 0 Å². The van der Waals surface area contributed by atoms with Crippen molar-refractivity contribution in [3.05, 3.63) is 97.4 Å². The second kappa shape index (κ2) is 9.23. The lowest BCUT2D eigenvalue weighted by Gasteiger charge is -2.12. The molecule has 3 aromatic carbocycles. The summed E-state index contributed by atoms with van der Waals surface area (Å²) in [5.74, 6) is 0.685. The minimum atomic E-state index is 0.361. The molecule has 3 rings (SSSR count). The zero-order valence-electron chi connectivity index (χ0n) is 14.1. The third-order valence-electron chi connectivity index (χ3n) is 3.87. The van der Waals surface area contributed by atoms with Gasteiger partial charge in [0.1, 0.15) is 12.4 Å². The molecular formula is C22H14Br2ClNO. The number of benzene rings is 3. The van der Waals surface area contributed by atoms with Crippen molar-refractivity contribution < 1.29 is 4.74 Å². The highest BCUT2D eigenvalue weighted by Crippen LogP contribution is 2.36. The van der Waals surface area contributed by atoms with E-state index in [1.165, 1.54) is 0 Å². The smallest absolute Gasteiger partial charge is 0.148 e. The number of halogens is 3. The van der Waals surface area contributed by atoms with Crippen LogP contribution in [0.1, 0.15) is 16.7 Å². The summed E-state index contributed by atoms with van der Waals surface area (Å²) in [6.07, 6.45) is 1.85. The summed E-state index contributed by atoms with van der Waals surface area (Å²) in [6, 6.07) is 23.3. The standard InChI is InChI=1S/C22H14Br2ClNO/c23-19-11-15(10-18(13-26)16-6-2-1-3-7-16)12-20(24)22(19)27-14-17-8-4-5-9-21(17)25/h1-12H,14H2/b18-10+. The summed E-state index contributed by atoms with van der Waals surface area (Å²) in [7, 11) is 0. The van der Waals surface area contributed by atoms with Gasteiger partial charge in [-0.1, -0.05) is 60.1 Å². The van der Waals surface area contributed by atoms with E-state index in [-0.39, 0.29) is 0 Å². The highest BCUT2D eigenvalue weighted by Gasteiger charge is 2.11. The predicted molar refractivity (Wildman–Crippen MR) is 118 cm³/mol. The Morgan fingerprint density at radius 2 is 1.63 bits per heavy atom. The molecule has 0 aliphatic rings. The van der Waals surface area contributed by atoms with Gasteiger partial charge in [0.05, 0.1) is 20.6 Å². The maximum absolute atomic E-state index is 9.49. The Labute approximate surface area is 180 Å². The molecular weight excluding hydrogens is 490 g/mol. The second-order valence-corrected chi connectivity index (χ2v) is 7.85. The average molecular weight is 504 g/mol. The molecule has 0 radical (unpaired) electrons. The lowest BCUT2D eigenvalue weighted by molar-refractivity contribution is 0.302. The van der Waals surface area contributed by atoms with Crippen LogP contribution < -0.4 is 4.74 Å². The van der Waals surface area contributed by atoms with Gasteiger partial charge in [-0.2, -0.15) is 5.26 Å². The Morgan fingerprint density at radius 1 is 1.00 bits per heavy atom. The molecule has 27 heavy (non-hydrogen) atoms. The van der Waals surface area contributed by atoms with E-state index < -0.39 is 0 Å². The van der Waals surface area contributed by atoms with Crippen molar-refractivity contribution in [1.82, 2.24) is 0 Å². The normalized spacial score (nSPS) is 11.1. The molecule has 0 bridgehead atoms. The van der Waals surface area contributed by atoms with Crippen molar-refractivity contribution in [3.8, 4) is 11.8 Å². The molecule has 0 unspecified atom stereocenters. The molecule has 0 heterocycles. The first-order valence-corrected chi connectivity index (χ1v) is 10.1. The minimum absolute atomic E-state index is 0.361. The molecule has 5 heteroatoms.